The molecule has 2 saturated heterocycles. The Morgan fingerprint density at radius 2 is 1.92 bits per heavy atom. The van der Waals surface area contributed by atoms with Gasteiger partial charge in [-0.1, -0.05) is 12.5 Å². The second kappa shape index (κ2) is 6.63. The maximum absolute atomic E-state index is 13.5. The van der Waals surface area contributed by atoms with Crippen LogP contribution in [0.15, 0.2) is 18.2 Å². The zero-order chi connectivity index (χ0) is 18.3. The Bertz CT molecular complexity index is 735. The molecule has 0 radical (unpaired) electrons. The molecule has 6 heteroatoms. The molecule has 3 fully saturated rings. The molecule has 1 atom stereocenters. The van der Waals surface area contributed by atoms with Crippen molar-refractivity contribution < 1.29 is 18.4 Å². The molecule has 4 nitrogen and oxygen atoms in total. The third-order valence-electron chi connectivity index (χ3n) is 6.30. The van der Waals surface area contributed by atoms with E-state index in [0.29, 0.717) is 31.6 Å². The lowest BCUT2D eigenvalue weighted by atomic mass is 9.78. The van der Waals surface area contributed by atoms with E-state index in [9.17, 15) is 18.4 Å². The van der Waals surface area contributed by atoms with E-state index in [1.54, 1.807) is 4.90 Å². The molecule has 1 aromatic rings. The molecular formula is C20H24F2N2O2. The van der Waals surface area contributed by atoms with Crippen molar-refractivity contribution in [2.24, 2.45) is 11.3 Å². The summed E-state index contributed by atoms with van der Waals surface area (Å²) in [5.74, 6) is -1.35. The van der Waals surface area contributed by atoms with Crippen LogP contribution in [-0.4, -0.2) is 41.2 Å². The molecule has 1 aromatic carbocycles. The molecule has 1 saturated carbocycles. The minimum Gasteiger partial charge on any atom is -0.341 e. The Hall–Kier alpha value is -1.98. The maximum atomic E-state index is 13.5. The third-order valence-corrected chi connectivity index (χ3v) is 6.30. The fourth-order valence-electron chi connectivity index (χ4n) is 4.51. The summed E-state index contributed by atoms with van der Waals surface area (Å²) in [5, 5.41) is 0. The van der Waals surface area contributed by atoms with E-state index in [-0.39, 0.29) is 24.3 Å². The summed E-state index contributed by atoms with van der Waals surface area (Å²) in [5.41, 5.74) is 0.102. The predicted molar refractivity (Wildman–Crippen MR) is 92.0 cm³/mol. The monoisotopic (exact) mass is 362 g/mol. The van der Waals surface area contributed by atoms with Crippen molar-refractivity contribution in [3.8, 4) is 0 Å². The Labute approximate surface area is 152 Å². The highest BCUT2D eigenvalue weighted by Crippen LogP contribution is 2.42. The van der Waals surface area contributed by atoms with Gasteiger partial charge in [0.05, 0.1) is 5.41 Å². The average molecular weight is 362 g/mol. The summed E-state index contributed by atoms with van der Waals surface area (Å²) in [6.45, 7) is 2.07. The van der Waals surface area contributed by atoms with E-state index in [0.717, 1.165) is 44.2 Å². The van der Waals surface area contributed by atoms with Gasteiger partial charge in [0.15, 0.2) is 11.6 Å². The minimum atomic E-state index is -0.889. The summed E-state index contributed by atoms with van der Waals surface area (Å²) in [4.78, 5) is 29.3. The number of nitrogens with zero attached hydrogens (tertiary/aromatic N) is 2. The first-order chi connectivity index (χ1) is 12.5. The molecule has 2 heterocycles. The standard InChI is InChI=1S/C20H24F2N2O2/c21-16-6-5-14(11-17(16)22)12-23-9-2-7-20(19(23)26)8-10-24(13-20)18(25)15-3-1-4-15/h5-6,11,15H,1-4,7-10,12-13H2. The van der Waals surface area contributed by atoms with Gasteiger partial charge < -0.3 is 9.80 Å². The summed E-state index contributed by atoms with van der Waals surface area (Å²) >= 11 is 0. The maximum Gasteiger partial charge on any atom is 0.230 e. The Kier molecular flexibility index (Phi) is 4.45. The first-order valence-corrected chi connectivity index (χ1v) is 9.51. The highest BCUT2D eigenvalue weighted by Gasteiger charge is 2.50. The van der Waals surface area contributed by atoms with Gasteiger partial charge in [-0.15, -0.1) is 0 Å². The number of amides is 2. The molecule has 1 spiro atoms. The van der Waals surface area contributed by atoms with Crippen LogP contribution >= 0.6 is 0 Å². The molecule has 140 valence electrons. The zero-order valence-corrected chi connectivity index (χ0v) is 14.8. The molecule has 26 heavy (non-hydrogen) atoms. The molecule has 0 aromatic heterocycles. The van der Waals surface area contributed by atoms with Gasteiger partial charge in [0.2, 0.25) is 11.8 Å². The molecule has 3 aliphatic rings. The van der Waals surface area contributed by atoms with Gasteiger partial charge in [-0.05, 0) is 49.8 Å². The summed E-state index contributed by atoms with van der Waals surface area (Å²) in [7, 11) is 0. The minimum absolute atomic E-state index is 0.0531. The first kappa shape index (κ1) is 17.4. The number of rotatable bonds is 3. The highest BCUT2D eigenvalue weighted by molar-refractivity contribution is 5.86. The topological polar surface area (TPSA) is 40.6 Å². The smallest absolute Gasteiger partial charge is 0.230 e. The van der Waals surface area contributed by atoms with Gasteiger partial charge in [-0.3, -0.25) is 9.59 Å². The van der Waals surface area contributed by atoms with Gasteiger partial charge >= 0.3 is 0 Å². The van der Waals surface area contributed by atoms with E-state index in [1.807, 2.05) is 4.90 Å². The van der Waals surface area contributed by atoms with Gasteiger partial charge in [0.1, 0.15) is 0 Å². The lowest BCUT2D eigenvalue weighted by Gasteiger charge is -2.39. The molecule has 2 aliphatic heterocycles. The van der Waals surface area contributed by atoms with Crippen molar-refractivity contribution >= 4 is 11.8 Å². The van der Waals surface area contributed by atoms with Gasteiger partial charge in [0, 0.05) is 32.1 Å². The van der Waals surface area contributed by atoms with Gasteiger partial charge in [-0.2, -0.15) is 0 Å². The fourth-order valence-corrected chi connectivity index (χ4v) is 4.51. The summed E-state index contributed by atoms with van der Waals surface area (Å²) < 4.78 is 26.6. The number of benzene rings is 1. The van der Waals surface area contributed by atoms with Crippen LogP contribution in [0.5, 0.6) is 0 Å². The van der Waals surface area contributed by atoms with Crippen LogP contribution in [0.25, 0.3) is 0 Å². The lowest BCUT2D eigenvalue weighted by molar-refractivity contribution is -0.147. The summed E-state index contributed by atoms with van der Waals surface area (Å²) in [6, 6.07) is 3.78. The number of piperidine rings is 1. The van der Waals surface area contributed by atoms with Crippen LogP contribution in [-0.2, 0) is 16.1 Å². The quantitative estimate of drug-likeness (QED) is 0.829. The van der Waals surface area contributed by atoms with E-state index in [2.05, 4.69) is 0 Å². The van der Waals surface area contributed by atoms with Gasteiger partial charge in [0.25, 0.3) is 0 Å². The second-order valence-electron chi connectivity index (χ2n) is 8.00. The average Bonchev–Trinajstić information content (AvgIpc) is 2.99. The van der Waals surface area contributed by atoms with E-state index < -0.39 is 17.0 Å². The van der Waals surface area contributed by atoms with Crippen molar-refractivity contribution in [3.63, 3.8) is 0 Å². The Morgan fingerprint density at radius 1 is 1.12 bits per heavy atom. The molecule has 0 N–H and O–H groups in total. The molecule has 1 unspecified atom stereocenters. The number of halogens is 2. The Morgan fingerprint density at radius 3 is 2.62 bits per heavy atom. The third kappa shape index (κ3) is 2.99. The first-order valence-electron chi connectivity index (χ1n) is 9.51. The number of carbonyl (C=O) groups is 2. The largest absolute Gasteiger partial charge is 0.341 e. The zero-order valence-electron chi connectivity index (χ0n) is 14.8. The van der Waals surface area contributed by atoms with Crippen LogP contribution in [0.1, 0.15) is 44.1 Å². The van der Waals surface area contributed by atoms with Crippen molar-refractivity contribution in [1.29, 1.82) is 0 Å². The molecule has 0 bridgehead atoms. The molecule has 4 rings (SSSR count). The van der Waals surface area contributed by atoms with Crippen molar-refractivity contribution in [2.75, 3.05) is 19.6 Å². The molecular weight excluding hydrogens is 338 g/mol. The van der Waals surface area contributed by atoms with Crippen LogP contribution in [0.2, 0.25) is 0 Å². The normalized spacial score (nSPS) is 26.5. The lowest BCUT2D eigenvalue weighted by Crippen LogP contribution is -2.50. The molecule has 2 amide bonds. The number of carbonyl (C=O) groups excluding carboxylic acids is 2. The SMILES string of the molecule is O=C(C1CCC1)N1CCC2(CCCN(Cc3ccc(F)c(F)c3)C2=O)C1. The van der Waals surface area contributed by atoms with Crippen LogP contribution < -0.4 is 0 Å². The van der Waals surface area contributed by atoms with E-state index in [1.165, 1.54) is 6.07 Å². The van der Waals surface area contributed by atoms with Crippen LogP contribution in [0.4, 0.5) is 8.78 Å². The van der Waals surface area contributed by atoms with E-state index >= 15 is 0 Å². The van der Waals surface area contributed by atoms with Crippen molar-refractivity contribution in [2.45, 2.75) is 45.1 Å². The number of likely N-dealkylation sites (tertiary alicyclic amines) is 2. The highest BCUT2D eigenvalue weighted by atomic mass is 19.2. The molecule has 1 aliphatic carbocycles. The van der Waals surface area contributed by atoms with Crippen molar-refractivity contribution in [3.05, 3.63) is 35.4 Å². The van der Waals surface area contributed by atoms with Crippen LogP contribution in [0.3, 0.4) is 0 Å². The second-order valence-corrected chi connectivity index (χ2v) is 8.00. The van der Waals surface area contributed by atoms with Crippen LogP contribution in [0, 0.1) is 23.0 Å². The number of hydrogen-bond donors (Lipinski definition) is 0. The van der Waals surface area contributed by atoms with Crippen molar-refractivity contribution in [1.82, 2.24) is 9.80 Å². The predicted octanol–water partition coefficient (Wildman–Crippen LogP) is 3.11. The fraction of sp³-hybridized carbons (Fsp3) is 0.600. The number of hydrogen-bond acceptors (Lipinski definition) is 2. The van der Waals surface area contributed by atoms with Gasteiger partial charge in [-0.25, -0.2) is 8.78 Å². The summed E-state index contributed by atoms with van der Waals surface area (Å²) in [6.07, 6.45) is 5.45. The van der Waals surface area contributed by atoms with E-state index in [4.69, 9.17) is 0 Å². The Balaban J connectivity index is 1.45.